The summed E-state index contributed by atoms with van der Waals surface area (Å²) in [6.45, 7) is 10.1. The van der Waals surface area contributed by atoms with Crippen LogP contribution in [0.4, 0.5) is 32.0 Å². The van der Waals surface area contributed by atoms with Crippen LogP contribution in [-0.2, 0) is 36.9 Å². The lowest BCUT2D eigenvalue weighted by molar-refractivity contribution is -0.145. The molecule has 1 aliphatic carbocycles. The Kier molecular flexibility index (Phi) is 7.14. The molecular weight excluding hydrogens is 590 g/mol. The molecule has 2 aromatic carbocycles. The lowest BCUT2D eigenvalue weighted by atomic mass is 9.70. The van der Waals surface area contributed by atoms with Crippen molar-refractivity contribution in [3.8, 4) is 11.1 Å². The molecule has 3 fully saturated rings. The highest BCUT2D eigenvalue weighted by molar-refractivity contribution is 6.23. The Balaban J connectivity index is 1.55. The van der Waals surface area contributed by atoms with E-state index in [9.17, 15) is 45.5 Å². The van der Waals surface area contributed by atoms with Crippen LogP contribution in [0.25, 0.3) is 11.1 Å². The Labute approximate surface area is 250 Å². The number of amides is 4. The first-order valence-electron chi connectivity index (χ1n) is 14.2. The van der Waals surface area contributed by atoms with E-state index in [1.807, 2.05) is 0 Å². The van der Waals surface area contributed by atoms with E-state index in [1.54, 1.807) is 41.5 Å². The van der Waals surface area contributed by atoms with Crippen molar-refractivity contribution in [2.24, 2.45) is 23.7 Å². The molecule has 0 N–H and O–H groups in total. The molecule has 1 saturated carbocycles. The van der Waals surface area contributed by atoms with Crippen LogP contribution in [0.1, 0.15) is 71.1 Å². The largest absolute Gasteiger partial charge is 0.417 e. The Bertz CT molecular complexity index is 1540. The van der Waals surface area contributed by atoms with Crippen molar-refractivity contribution in [1.82, 2.24) is 4.90 Å². The number of likely N-dealkylation sites (tertiary alicyclic amines) is 1. The summed E-state index contributed by atoms with van der Waals surface area (Å²) in [6, 6.07) is 5.55. The highest BCUT2D eigenvalue weighted by Gasteiger charge is 2.61. The molecule has 4 atom stereocenters. The van der Waals surface area contributed by atoms with Crippen molar-refractivity contribution in [1.29, 1.82) is 0 Å². The van der Waals surface area contributed by atoms with Crippen LogP contribution in [0.15, 0.2) is 36.4 Å². The molecule has 0 radical (unpaired) electrons. The fourth-order valence-corrected chi connectivity index (χ4v) is 6.71. The molecule has 5 rings (SSSR count). The van der Waals surface area contributed by atoms with Crippen LogP contribution in [0.5, 0.6) is 0 Å². The monoisotopic (exact) mass is 622 g/mol. The van der Waals surface area contributed by atoms with E-state index in [1.165, 1.54) is 6.07 Å². The molecule has 44 heavy (non-hydrogen) atoms. The highest BCUT2D eigenvalue weighted by Crippen LogP contribution is 2.51. The minimum Gasteiger partial charge on any atom is -0.277 e. The number of nitrogens with zero attached hydrogens (tertiary/aromatic N) is 2. The third kappa shape index (κ3) is 5.09. The maximum absolute atomic E-state index is 14.4. The standard InChI is InChI=1S/C32H32F6N2O4/c1-29(2,3)15-7-9-17(23(11-15)31(33,34)35)18-10-8-16(12-24(18)32(36,37)38)39-25(41)19-13-21-22(14-20(19)26(39)42)28(44)40(27(21)43)30(4,5)6/h7-12,19-22H,13-14H2,1-6H3. The molecule has 4 amide bonds. The van der Waals surface area contributed by atoms with Gasteiger partial charge in [-0.3, -0.25) is 29.0 Å². The van der Waals surface area contributed by atoms with Gasteiger partial charge in [-0.05, 0) is 73.9 Å². The van der Waals surface area contributed by atoms with Crippen molar-refractivity contribution in [2.75, 3.05) is 4.90 Å². The number of fused-ring (bicyclic) bond motifs is 2. The van der Waals surface area contributed by atoms with Gasteiger partial charge in [-0.15, -0.1) is 0 Å². The number of imide groups is 2. The average molecular weight is 623 g/mol. The second kappa shape index (κ2) is 9.90. The predicted molar refractivity (Wildman–Crippen MR) is 148 cm³/mol. The van der Waals surface area contributed by atoms with Crippen LogP contribution in [-0.4, -0.2) is 34.1 Å². The van der Waals surface area contributed by atoms with Crippen LogP contribution in [0.3, 0.4) is 0 Å². The third-order valence-electron chi connectivity index (χ3n) is 8.86. The van der Waals surface area contributed by atoms with Gasteiger partial charge in [-0.1, -0.05) is 39.0 Å². The first kappa shape index (κ1) is 31.7. The maximum Gasteiger partial charge on any atom is 0.417 e. The lowest BCUT2D eigenvalue weighted by Gasteiger charge is -2.30. The molecular formula is C32H32F6N2O4. The minimum atomic E-state index is -5.14. The van der Waals surface area contributed by atoms with Crippen molar-refractivity contribution in [3.63, 3.8) is 0 Å². The van der Waals surface area contributed by atoms with Gasteiger partial charge < -0.3 is 0 Å². The van der Waals surface area contributed by atoms with Crippen LogP contribution in [0.2, 0.25) is 0 Å². The quantitative estimate of drug-likeness (QED) is 0.268. The van der Waals surface area contributed by atoms with E-state index in [2.05, 4.69) is 0 Å². The predicted octanol–water partition coefficient (Wildman–Crippen LogP) is 6.99. The summed E-state index contributed by atoms with van der Waals surface area (Å²) in [7, 11) is 0. The zero-order valence-corrected chi connectivity index (χ0v) is 25.0. The second-order valence-electron chi connectivity index (χ2n) is 13.8. The fourth-order valence-electron chi connectivity index (χ4n) is 6.71. The molecule has 0 aromatic heterocycles. The average Bonchev–Trinajstić information content (AvgIpc) is 3.29. The Morgan fingerprint density at radius 3 is 1.41 bits per heavy atom. The van der Waals surface area contributed by atoms with Crippen molar-refractivity contribution < 1.29 is 45.5 Å². The SMILES string of the molecule is CC(C)(C)c1ccc(-c2ccc(N3C(=O)C4CC5C(=O)N(C(C)(C)C)C(=O)C5CC4C3=O)cc2C(F)(F)F)c(C(F)(F)F)c1. The van der Waals surface area contributed by atoms with Crippen molar-refractivity contribution >= 4 is 29.3 Å². The number of hydrogen-bond donors (Lipinski definition) is 0. The Hall–Kier alpha value is -3.70. The van der Waals surface area contributed by atoms with Gasteiger partial charge in [0.1, 0.15) is 0 Å². The number of anilines is 1. The molecule has 0 bridgehead atoms. The molecule has 236 valence electrons. The van der Waals surface area contributed by atoms with Crippen LogP contribution < -0.4 is 4.90 Å². The van der Waals surface area contributed by atoms with Crippen molar-refractivity contribution in [2.45, 2.75) is 77.7 Å². The molecule has 4 unspecified atom stereocenters. The highest BCUT2D eigenvalue weighted by atomic mass is 19.4. The third-order valence-corrected chi connectivity index (χ3v) is 8.86. The number of carbonyl (C=O) groups excluding carboxylic acids is 4. The summed E-state index contributed by atoms with van der Waals surface area (Å²) in [5.41, 5.74) is -5.80. The van der Waals surface area contributed by atoms with E-state index in [0.717, 1.165) is 29.2 Å². The number of benzene rings is 2. The van der Waals surface area contributed by atoms with E-state index < -0.39 is 98.5 Å². The lowest BCUT2D eigenvalue weighted by Crippen LogP contribution is -2.46. The summed E-state index contributed by atoms with van der Waals surface area (Å²) in [4.78, 5) is 55.0. The summed E-state index contributed by atoms with van der Waals surface area (Å²) in [5.74, 6) is -6.21. The van der Waals surface area contributed by atoms with Gasteiger partial charge in [-0.25, -0.2) is 0 Å². The van der Waals surface area contributed by atoms with Gasteiger partial charge in [0.15, 0.2) is 0 Å². The summed E-state index contributed by atoms with van der Waals surface area (Å²) >= 11 is 0. The first-order valence-corrected chi connectivity index (χ1v) is 14.2. The molecule has 6 nitrogen and oxygen atoms in total. The molecule has 2 saturated heterocycles. The number of hydrogen-bond acceptors (Lipinski definition) is 4. The zero-order chi connectivity index (χ0) is 32.9. The number of halogens is 6. The summed E-state index contributed by atoms with van der Waals surface area (Å²) < 4.78 is 85.7. The normalized spacial score (nSPS) is 24.7. The van der Waals surface area contributed by atoms with Crippen molar-refractivity contribution in [3.05, 3.63) is 53.1 Å². The van der Waals surface area contributed by atoms with Gasteiger partial charge >= 0.3 is 12.4 Å². The Morgan fingerprint density at radius 1 is 0.591 bits per heavy atom. The first-order chi connectivity index (χ1) is 20.0. The van der Waals surface area contributed by atoms with E-state index >= 15 is 0 Å². The molecule has 2 aromatic rings. The van der Waals surface area contributed by atoms with Gasteiger partial charge in [0.25, 0.3) is 0 Å². The molecule has 2 aliphatic heterocycles. The topological polar surface area (TPSA) is 74.8 Å². The zero-order valence-electron chi connectivity index (χ0n) is 25.0. The molecule has 3 aliphatic rings. The van der Waals surface area contributed by atoms with Gasteiger partial charge in [-0.2, -0.15) is 26.3 Å². The number of rotatable bonds is 2. The fraction of sp³-hybridized carbons (Fsp3) is 0.500. The number of alkyl halides is 6. The molecule has 0 spiro atoms. The summed E-state index contributed by atoms with van der Waals surface area (Å²) in [6.07, 6.45) is -10.3. The van der Waals surface area contributed by atoms with E-state index in [-0.39, 0.29) is 18.4 Å². The van der Waals surface area contributed by atoms with E-state index in [4.69, 9.17) is 0 Å². The maximum atomic E-state index is 14.4. The number of carbonyl (C=O) groups is 4. The molecule has 12 heteroatoms. The molecule has 2 heterocycles. The van der Waals surface area contributed by atoms with Gasteiger partial charge in [0.05, 0.1) is 40.5 Å². The minimum absolute atomic E-state index is 0.104. The van der Waals surface area contributed by atoms with Gasteiger partial charge in [0.2, 0.25) is 23.6 Å². The summed E-state index contributed by atoms with van der Waals surface area (Å²) in [5, 5.41) is 0. The van der Waals surface area contributed by atoms with Crippen LogP contribution >= 0.6 is 0 Å². The second-order valence-corrected chi connectivity index (χ2v) is 13.8. The van der Waals surface area contributed by atoms with E-state index in [0.29, 0.717) is 11.0 Å². The Morgan fingerprint density at radius 2 is 1.00 bits per heavy atom. The van der Waals surface area contributed by atoms with Crippen LogP contribution in [0, 0.1) is 23.7 Å². The van der Waals surface area contributed by atoms with Gasteiger partial charge in [0, 0.05) is 5.54 Å². The smallest absolute Gasteiger partial charge is 0.277 e.